The first-order chi connectivity index (χ1) is 11.2. The zero-order valence-corrected chi connectivity index (χ0v) is 13.4. The maximum atomic E-state index is 11.4. The van der Waals surface area contributed by atoms with Crippen molar-refractivity contribution < 1.29 is 9.90 Å². The number of benzene rings is 3. The van der Waals surface area contributed by atoms with Gasteiger partial charge in [0.2, 0.25) is 0 Å². The second-order valence-electron chi connectivity index (χ2n) is 5.58. The Labute approximate surface area is 136 Å². The van der Waals surface area contributed by atoms with Crippen LogP contribution in [-0.2, 0) is 0 Å². The lowest BCUT2D eigenvalue weighted by molar-refractivity contribution is 0.0697. The first kappa shape index (κ1) is 14.0. The molecule has 4 rings (SSSR count). The first-order valence-corrected chi connectivity index (χ1v) is 8.66. The van der Waals surface area contributed by atoms with Crippen LogP contribution in [0.15, 0.2) is 66.7 Å². The maximum Gasteiger partial charge on any atom is 0.335 e. The van der Waals surface area contributed by atoms with Crippen LogP contribution in [0.2, 0.25) is 0 Å². The molecule has 2 nitrogen and oxygen atoms in total. The van der Waals surface area contributed by atoms with Gasteiger partial charge in [0.15, 0.2) is 14.3 Å². The van der Waals surface area contributed by atoms with Gasteiger partial charge in [-0.15, -0.1) is 0 Å². The summed E-state index contributed by atoms with van der Waals surface area (Å²) < 4.78 is 2.55. The molecular weight excluding hydrogens is 304 g/mol. The molecule has 1 heterocycles. The normalized spacial score (nSPS) is 11.2. The Hall–Kier alpha value is -2.65. The number of aromatic carboxylic acids is 1. The number of carbonyl (C=O) groups is 1. The SMILES string of the molecule is Cc1ccc(C(=O)O)cc1-[s+]1c2ccccc2c2ccccc21. The van der Waals surface area contributed by atoms with E-state index in [9.17, 15) is 9.90 Å². The third-order valence-corrected chi connectivity index (χ3v) is 6.63. The molecule has 0 aliphatic heterocycles. The van der Waals surface area contributed by atoms with Crippen LogP contribution in [0.4, 0.5) is 0 Å². The summed E-state index contributed by atoms with van der Waals surface area (Å²) in [5.41, 5.74) is 1.48. The summed E-state index contributed by atoms with van der Waals surface area (Å²) in [4.78, 5) is 12.5. The number of hydrogen-bond donors (Lipinski definition) is 1. The number of hydrogen-bond acceptors (Lipinski definition) is 1. The van der Waals surface area contributed by atoms with Crippen LogP contribution in [0.5, 0.6) is 0 Å². The van der Waals surface area contributed by atoms with Crippen molar-refractivity contribution in [3.8, 4) is 4.90 Å². The number of rotatable bonds is 2. The Morgan fingerprint density at radius 3 is 2.00 bits per heavy atom. The summed E-state index contributed by atoms with van der Waals surface area (Å²) in [6.07, 6.45) is 0. The van der Waals surface area contributed by atoms with Gasteiger partial charge in [-0.2, -0.15) is 0 Å². The maximum absolute atomic E-state index is 11.4. The van der Waals surface area contributed by atoms with E-state index in [-0.39, 0.29) is 10.5 Å². The molecule has 3 heteroatoms. The molecule has 0 bridgehead atoms. The van der Waals surface area contributed by atoms with Crippen molar-refractivity contribution in [1.29, 1.82) is 0 Å². The van der Waals surface area contributed by atoms with E-state index in [4.69, 9.17) is 0 Å². The minimum absolute atomic E-state index is 0.242. The van der Waals surface area contributed by atoms with E-state index in [1.807, 2.05) is 12.1 Å². The van der Waals surface area contributed by atoms with Crippen LogP contribution in [0.25, 0.3) is 25.1 Å². The number of fused-ring (bicyclic) bond motifs is 3. The zero-order chi connectivity index (χ0) is 16.0. The van der Waals surface area contributed by atoms with E-state index in [0.29, 0.717) is 5.56 Å². The zero-order valence-electron chi connectivity index (χ0n) is 12.6. The van der Waals surface area contributed by atoms with E-state index in [0.717, 1.165) is 10.5 Å². The highest BCUT2D eigenvalue weighted by atomic mass is 32.2. The van der Waals surface area contributed by atoms with Crippen LogP contribution in [-0.4, -0.2) is 11.1 Å². The molecule has 0 unspecified atom stereocenters. The largest absolute Gasteiger partial charge is 0.478 e. The molecule has 4 aromatic rings. The van der Waals surface area contributed by atoms with Gasteiger partial charge in [-0.05, 0) is 37.3 Å². The van der Waals surface area contributed by atoms with Gasteiger partial charge < -0.3 is 5.11 Å². The van der Waals surface area contributed by atoms with Crippen molar-refractivity contribution >= 4 is 36.6 Å². The monoisotopic (exact) mass is 319 g/mol. The van der Waals surface area contributed by atoms with Crippen molar-refractivity contribution in [3.05, 3.63) is 77.9 Å². The fraction of sp³-hybridized carbons (Fsp3) is 0.0500. The minimum Gasteiger partial charge on any atom is -0.478 e. The van der Waals surface area contributed by atoms with Crippen LogP contribution < -0.4 is 0 Å². The number of thiophene rings is 1. The summed E-state index contributed by atoms with van der Waals surface area (Å²) in [5.74, 6) is -0.879. The van der Waals surface area contributed by atoms with Crippen molar-refractivity contribution in [1.82, 2.24) is 0 Å². The standard InChI is InChI=1S/C20H14O2S/c1-13-10-11-14(20(21)22)12-19(13)23-17-8-4-2-6-15(17)16-7-3-5-9-18(16)23/h2-12H,1H3/p+1. The Bertz CT molecular complexity index is 1010. The highest BCUT2D eigenvalue weighted by molar-refractivity contribution is 7.50. The number of aryl methyl sites for hydroxylation is 1. The van der Waals surface area contributed by atoms with Gasteiger partial charge in [0.1, 0.15) is 0 Å². The number of carboxylic acid groups (broad SMARTS) is 1. The lowest BCUT2D eigenvalue weighted by Gasteiger charge is -2.00. The molecule has 0 fully saturated rings. The Kier molecular flexibility index (Phi) is 3.17. The molecule has 1 N–H and O–H groups in total. The smallest absolute Gasteiger partial charge is 0.335 e. The van der Waals surface area contributed by atoms with Gasteiger partial charge in [-0.3, -0.25) is 0 Å². The summed E-state index contributed by atoms with van der Waals surface area (Å²) in [7, 11) is -0.242. The van der Waals surface area contributed by atoms with Crippen molar-refractivity contribution in [2.24, 2.45) is 0 Å². The third kappa shape index (κ3) is 2.13. The van der Waals surface area contributed by atoms with Gasteiger partial charge in [-0.25, -0.2) is 4.79 Å². The third-order valence-electron chi connectivity index (χ3n) is 4.16. The quantitative estimate of drug-likeness (QED) is 0.478. The molecule has 0 aliphatic rings. The molecule has 0 aliphatic carbocycles. The van der Waals surface area contributed by atoms with E-state index in [2.05, 4.69) is 55.5 Å². The molecule has 0 atom stereocenters. The van der Waals surface area contributed by atoms with E-state index >= 15 is 0 Å². The number of carboxylic acids is 1. The second kappa shape index (κ2) is 5.21. The van der Waals surface area contributed by atoms with Crippen molar-refractivity contribution in [2.75, 3.05) is 0 Å². The fourth-order valence-corrected chi connectivity index (χ4v) is 5.61. The average Bonchev–Trinajstić information content (AvgIpc) is 2.90. The topological polar surface area (TPSA) is 37.3 Å². The van der Waals surface area contributed by atoms with E-state index in [1.54, 1.807) is 6.07 Å². The van der Waals surface area contributed by atoms with E-state index < -0.39 is 5.97 Å². The summed E-state index contributed by atoms with van der Waals surface area (Å²) in [5, 5.41) is 11.8. The molecule has 23 heavy (non-hydrogen) atoms. The second-order valence-corrected chi connectivity index (χ2v) is 7.52. The molecule has 0 saturated carbocycles. The van der Waals surface area contributed by atoms with Gasteiger partial charge in [-0.1, -0.05) is 30.3 Å². The van der Waals surface area contributed by atoms with Crippen LogP contribution in [0, 0.1) is 6.92 Å². The molecule has 1 aromatic heterocycles. The van der Waals surface area contributed by atoms with Gasteiger partial charge in [0.25, 0.3) is 0 Å². The highest BCUT2D eigenvalue weighted by Crippen LogP contribution is 2.49. The lowest BCUT2D eigenvalue weighted by Crippen LogP contribution is -1.96. The molecule has 0 saturated heterocycles. The molecule has 0 spiro atoms. The summed E-state index contributed by atoms with van der Waals surface area (Å²) >= 11 is 0. The Morgan fingerprint density at radius 1 is 0.870 bits per heavy atom. The minimum atomic E-state index is -0.879. The van der Waals surface area contributed by atoms with Gasteiger partial charge >= 0.3 is 5.97 Å². The highest BCUT2D eigenvalue weighted by Gasteiger charge is 2.25. The van der Waals surface area contributed by atoms with Crippen molar-refractivity contribution in [3.63, 3.8) is 0 Å². The summed E-state index contributed by atoms with van der Waals surface area (Å²) in [6, 6.07) is 22.3. The molecular formula is C20H15O2S+. The molecule has 0 radical (unpaired) electrons. The predicted molar refractivity (Wildman–Crippen MR) is 97.0 cm³/mol. The molecule has 112 valence electrons. The summed E-state index contributed by atoms with van der Waals surface area (Å²) in [6.45, 7) is 2.05. The van der Waals surface area contributed by atoms with E-state index in [1.165, 1.54) is 20.2 Å². The van der Waals surface area contributed by atoms with Gasteiger partial charge in [0, 0.05) is 32.9 Å². The fourth-order valence-electron chi connectivity index (χ4n) is 3.04. The van der Waals surface area contributed by atoms with Gasteiger partial charge in [0.05, 0.1) is 5.56 Å². The van der Waals surface area contributed by atoms with Crippen LogP contribution >= 0.6 is 10.5 Å². The molecule has 3 aromatic carbocycles. The Morgan fingerprint density at radius 2 is 1.43 bits per heavy atom. The average molecular weight is 319 g/mol. The van der Waals surface area contributed by atoms with Crippen LogP contribution in [0.1, 0.15) is 15.9 Å². The van der Waals surface area contributed by atoms with Crippen LogP contribution in [0.3, 0.4) is 0 Å². The lowest BCUT2D eigenvalue weighted by atomic mass is 10.1. The molecule has 0 amide bonds. The Balaban J connectivity index is 2.17. The predicted octanol–water partition coefficient (Wildman–Crippen LogP) is 5.74. The van der Waals surface area contributed by atoms with Crippen molar-refractivity contribution in [2.45, 2.75) is 6.92 Å². The first-order valence-electron chi connectivity index (χ1n) is 7.43.